The molecule has 0 aliphatic heterocycles. The van der Waals surface area contributed by atoms with Gasteiger partial charge in [0.25, 0.3) is 5.91 Å². The molecule has 3 aromatic carbocycles. The summed E-state index contributed by atoms with van der Waals surface area (Å²) in [5.74, 6) is 0.701. The van der Waals surface area contributed by atoms with E-state index >= 15 is 0 Å². The summed E-state index contributed by atoms with van der Waals surface area (Å²) in [6, 6.07) is 18.8. The Bertz CT molecular complexity index is 1180. The topological polar surface area (TPSA) is 88.7 Å². The maximum atomic E-state index is 12.3. The van der Waals surface area contributed by atoms with E-state index in [4.69, 9.17) is 9.47 Å². The lowest BCUT2D eigenvalue weighted by Gasteiger charge is -2.16. The summed E-state index contributed by atoms with van der Waals surface area (Å²) in [7, 11) is 0. The number of hydrogen-bond acceptors (Lipinski definition) is 5. The van der Waals surface area contributed by atoms with Gasteiger partial charge in [0, 0.05) is 34.0 Å². The third-order valence-corrected chi connectivity index (χ3v) is 6.00. The molecule has 0 aromatic heterocycles. The number of halogens is 1. The maximum absolute atomic E-state index is 12.3. The first-order chi connectivity index (χ1) is 17.2. The van der Waals surface area contributed by atoms with Gasteiger partial charge in [0.05, 0.1) is 6.61 Å². The Kier molecular flexibility index (Phi) is 9.76. The van der Waals surface area contributed by atoms with Crippen molar-refractivity contribution in [3.63, 3.8) is 0 Å². The molecule has 2 amide bonds. The number of amides is 2. The lowest BCUT2D eigenvalue weighted by molar-refractivity contribution is -0.119. The molecule has 0 unspecified atom stereocenters. The van der Waals surface area contributed by atoms with Crippen molar-refractivity contribution in [3.8, 4) is 11.5 Å². The number of nitrogens with one attached hydrogen (secondary N) is 3. The van der Waals surface area contributed by atoms with Crippen LogP contribution in [0.2, 0.25) is 0 Å². The van der Waals surface area contributed by atoms with Gasteiger partial charge in [-0.2, -0.15) is 0 Å². The highest BCUT2D eigenvalue weighted by Gasteiger charge is 2.13. The van der Waals surface area contributed by atoms with Crippen LogP contribution < -0.4 is 25.4 Å². The second-order valence-electron chi connectivity index (χ2n) is 8.60. The quantitative estimate of drug-likeness (QED) is 0.256. The van der Waals surface area contributed by atoms with E-state index in [2.05, 4.69) is 31.9 Å². The third kappa shape index (κ3) is 8.02. The van der Waals surface area contributed by atoms with Crippen LogP contribution in [0.25, 0.3) is 0 Å². The van der Waals surface area contributed by atoms with E-state index in [9.17, 15) is 9.59 Å². The van der Waals surface area contributed by atoms with E-state index < -0.39 is 0 Å². The molecule has 8 heteroatoms. The Morgan fingerprint density at radius 2 is 1.44 bits per heavy atom. The molecule has 0 aliphatic carbocycles. The largest absolute Gasteiger partial charge is 0.490 e. The number of aryl methyl sites for hydroxylation is 1. The summed E-state index contributed by atoms with van der Waals surface area (Å²) in [6.07, 6.45) is 0. The van der Waals surface area contributed by atoms with Crippen molar-refractivity contribution in [1.82, 2.24) is 0 Å². The van der Waals surface area contributed by atoms with E-state index in [-0.39, 0.29) is 24.3 Å². The van der Waals surface area contributed by atoms with Gasteiger partial charge < -0.3 is 25.4 Å². The lowest BCUT2D eigenvalue weighted by Crippen LogP contribution is -2.20. The van der Waals surface area contributed by atoms with Crippen molar-refractivity contribution in [1.29, 1.82) is 0 Å². The van der Waals surface area contributed by atoms with Crippen LogP contribution in [0.1, 0.15) is 31.9 Å². The molecule has 0 aliphatic rings. The van der Waals surface area contributed by atoms with Gasteiger partial charge in [-0.25, -0.2) is 0 Å². The number of hydrogen-bond donors (Lipinski definition) is 3. The first-order valence-electron chi connectivity index (χ1n) is 11.8. The zero-order valence-corrected chi connectivity index (χ0v) is 22.6. The summed E-state index contributed by atoms with van der Waals surface area (Å²) < 4.78 is 12.4. The fourth-order valence-corrected chi connectivity index (χ4v) is 3.69. The summed E-state index contributed by atoms with van der Waals surface area (Å²) in [5, 5.41) is 9.08. The van der Waals surface area contributed by atoms with Gasteiger partial charge in [-0.3, -0.25) is 9.59 Å². The maximum Gasteiger partial charge on any atom is 0.262 e. The molecule has 36 heavy (non-hydrogen) atoms. The summed E-state index contributed by atoms with van der Waals surface area (Å²) in [4.78, 5) is 24.2. The minimum Gasteiger partial charge on any atom is -0.490 e. The van der Waals surface area contributed by atoms with Crippen LogP contribution in [0, 0.1) is 12.8 Å². The van der Waals surface area contributed by atoms with Crippen molar-refractivity contribution in [3.05, 3.63) is 76.3 Å². The SMILES string of the molecule is CCOc1cc(CNc2ccc(NC(=O)C(C)C)cc2)c(Br)cc1OCC(=O)Nc1ccc(C)cc1. The van der Waals surface area contributed by atoms with Gasteiger partial charge in [0.1, 0.15) is 0 Å². The minimum atomic E-state index is -0.254. The predicted octanol–water partition coefficient (Wildman–Crippen LogP) is 6.38. The fraction of sp³-hybridized carbons (Fsp3) is 0.286. The highest BCUT2D eigenvalue weighted by Crippen LogP contribution is 2.34. The molecule has 7 nitrogen and oxygen atoms in total. The molecule has 190 valence electrons. The second-order valence-corrected chi connectivity index (χ2v) is 9.46. The van der Waals surface area contributed by atoms with Crippen molar-refractivity contribution < 1.29 is 19.1 Å². The highest BCUT2D eigenvalue weighted by atomic mass is 79.9. The number of ether oxygens (including phenoxy) is 2. The molecule has 0 saturated carbocycles. The van der Waals surface area contributed by atoms with Gasteiger partial charge in [0.2, 0.25) is 5.91 Å². The van der Waals surface area contributed by atoms with E-state index in [0.29, 0.717) is 24.7 Å². The van der Waals surface area contributed by atoms with E-state index in [1.54, 1.807) is 0 Å². The van der Waals surface area contributed by atoms with Gasteiger partial charge in [-0.15, -0.1) is 0 Å². The van der Waals surface area contributed by atoms with Crippen molar-refractivity contribution >= 4 is 44.8 Å². The normalized spacial score (nSPS) is 10.6. The molecule has 0 spiro atoms. The van der Waals surface area contributed by atoms with Crippen LogP contribution in [0.5, 0.6) is 11.5 Å². The standard InChI is InChI=1S/C28H32BrN3O4/c1-5-35-25-14-20(16-30-21-10-12-23(13-11-21)32-28(34)18(2)3)24(29)15-26(25)36-17-27(33)31-22-8-6-19(4)7-9-22/h6-15,18,30H,5,16-17H2,1-4H3,(H,31,33)(H,32,34). The minimum absolute atomic E-state index is 0.0157. The number of rotatable bonds is 11. The Hall–Kier alpha value is -3.52. The number of anilines is 3. The molecule has 3 aromatic rings. The van der Waals surface area contributed by atoms with Crippen LogP contribution in [0.15, 0.2) is 65.1 Å². The molecule has 3 N–H and O–H groups in total. The van der Waals surface area contributed by atoms with Crippen LogP contribution >= 0.6 is 15.9 Å². The Morgan fingerprint density at radius 1 is 0.861 bits per heavy atom. The van der Waals surface area contributed by atoms with Gasteiger partial charge in [-0.05, 0) is 67.9 Å². The average molecular weight is 554 g/mol. The molecule has 0 bridgehead atoms. The highest BCUT2D eigenvalue weighted by molar-refractivity contribution is 9.10. The smallest absolute Gasteiger partial charge is 0.262 e. The third-order valence-electron chi connectivity index (χ3n) is 5.27. The molecule has 0 heterocycles. The number of carbonyl (C=O) groups excluding carboxylic acids is 2. The molecular weight excluding hydrogens is 522 g/mol. The van der Waals surface area contributed by atoms with Gasteiger partial charge >= 0.3 is 0 Å². The van der Waals surface area contributed by atoms with E-state index in [0.717, 1.165) is 32.7 Å². The monoisotopic (exact) mass is 553 g/mol. The average Bonchev–Trinajstić information content (AvgIpc) is 2.85. The van der Waals surface area contributed by atoms with E-state index in [1.165, 1.54) is 0 Å². The molecule has 3 rings (SSSR count). The van der Waals surface area contributed by atoms with Crippen LogP contribution in [-0.4, -0.2) is 25.0 Å². The van der Waals surface area contributed by atoms with Crippen molar-refractivity contribution in [2.24, 2.45) is 5.92 Å². The summed E-state index contributed by atoms with van der Waals surface area (Å²) in [5.41, 5.74) is 4.48. The number of benzene rings is 3. The first-order valence-corrected chi connectivity index (χ1v) is 12.6. The fourth-order valence-electron chi connectivity index (χ4n) is 3.23. The van der Waals surface area contributed by atoms with Crippen LogP contribution in [-0.2, 0) is 16.1 Å². The molecule has 0 atom stereocenters. The van der Waals surface area contributed by atoms with E-state index in [1.807, 2.05) is 88.4 Å². The number of carbonyl (C=O) groups is 2. The molecule has 0 saturated heterocycles. The summed E-state index contributed by atoms with van der Waals surface area (Å²) in [6.45, 7) is 8.46. The summed E-state index contributed by atoms with van der Waals surface area (Å²) >= 11 is 3.60. The van der Waals surface area contributed by atoms with Crippen LogP contribution in [0.3, 0.4) is 0 Å². The van der Waals surface area contributed by atoms with Gasteiger partial charge in [-0.1, -0.05) is 47.5 Å². The predicted molar refractivity (Wildman–Crippen MR) is 148 cm³/mol. The van der Waals surface area contributed by atoms with Crippen molar-refractivity contribution in [2.45, 2.75) is 34.2 Å². The Balaban J connectivity index is 1.61. The second kappa shape index (κ2) is 13.0. The Morgan fingerprint density at radius 3 is 2.08 bits per heavy atom. The molecular formula is C28H32BrN3O4. The van der Waals surface area contributed by atoms with Crippen molar-refractivity contribution in [2.75, 3.05) is 29.2 Å². The molecule has 0 radical (unpaired) electrons. The zero-order valence-electron chi connectivity index (χ0n) is 21.0. The van der Waals surface area contributed by atoms with Crippen LogP contribution in [0.4, 0.5) is 17.1 Å². The van der Waals surface area contributed by atoms with Gasteiger partial charge in [0.15, 0.2) is 18.1 Å². The molecule has 0 fully saturated rings. The zero-order chi connectivity index (χ0) is 26.1. The lowest BCUT2D eigenvalue weighted by atomic mass is 10.2. The Labute approximate surface area is 220 Å². The first kappa shape index (κ1) is 27.1.